The molecule has 0 amide bonds. The summed E-state index contributed by atoms with van der Waals surface area (Å²) in [7, 11) is -0.856. The van der Waals surface area contributed by atoms with Crippen LogP contribution in [0.5, 0.6) is 0 Å². The third-order valence-corrected chi connectivity index (χ3v) is 7.46. The van der Waals surface area contributed by atoms with Gasteiger partial charge in [0.05, 0.1) is 12.1 Å². The van der Waals surface area contributed by atoms with Crippen LogP contribution in [0, 0.1) is 0 Å². The van der Waals surface area contributed by atoms with Gasteiger partial charge in [-0.15, -0.1) is 0 Å². The Balaban J connectivity index is 1.74. The van der Waals surface area contributed by atoms with Crippen LogP contribution in [-0.4, -0.2) is 12.1 Å². The van der Waals surface area contributed by atoms with Crippen LogP contribution in [0.4, 0.5) is 11.4 Å². The van der Waals surface area contributed by atoms with E-state index in [1.54, 1.807) is 0 Å². The number of rotatable bonds is 2. The lowest BCUT2D eigenvalue weighted by Crippen LogP contribution is -2.40. The summed E-state index contributed by atoms with van der Waals surface area (Å²) >= 11 is 7.00. The molecule has 2 aromatic carbocycles. The van der Waals surface area contributed by atoms with E-state index >= 15 is 0 Å². The van der Waals surface area contributed by atoms with Gasteiger partial charge in [-0.1, -0.05) is 49.2 Å². The number of hydrogen-bond donors (Lipinski definition) is 0. The van der Waals surface area contributed by atoms with Gasteiger partial charge in [-0.2, -0.15) is 0 Å². The number of halogens is 1. The SMILES string of the molecule is ClP1N(c2ccccc2)[C@@H]2CCCC[C@H]2N1c1ccccc1. The first kappa shape index (κ1) is 14.4. The molecule has 1 saturated heterocycles. The number of para-hydroxylation sites is 2. The van der Waals surface area contributed by atoms with Crippen LogP contribution in [0.1, 0.15) is 25.7 Å². The Hall–Kier alpha value is -1.24. The molecule has 4 rings (SSSR count). The first-order valence-corrected chi connectivity index (χ1v) is 10.2. The Morgan fingerprint density at radius 2 is 1.14 bits per heavy atom. The highest BCUT2D eigenvalue weighted by Gasteiger charge is 2.47. The molecule has 2 aliphatic rings. The van der Waals surface area contributed by atoms with E-state index in [1.807, 2.05) is 0 Å². The lowest BCUT2D eigenvalue weighted by atomic mass is 9.90. The van der Waals surface area contributed by atoms with Crippen molar-refractivity contribution in [2.45, 2.75) is 37.8 Å². The van der Waals surface area contributed by atoms with Crippen molar-refractivity contribution < 1.29 is 0 Å². The van der Waals surface area contributed by atoms with Gasteiger partial charge in [-0.25, -0.2) is 0 Å². The molecule has 0 spiro atoms. The molecule has 114 valence electrons. The van der Waals surface area contributed by atoms with E-state index in [0.717, 1.165) is 0 Å². The van der Waals surface area contributed by atoms with Gasteiger partial charge in [0.1, 0.15) is 0 Å². The van der Waals surface area contributed by atoms with Crippen molar-refractivity contribution in [3.63, 3.8) is 0 Å². The number of nitrogens with zero attached hydrogens (tertiary/aromatic N) is 2. The zero-order valence-corrected chi connectivity index (χ0v) is 14.1. The molecule has 1 aliphatic carbocycles. The minimum Gasteiger partial charge on any atom is -0.316 e. The molecule has 4 heteroatoms. The van der Waals surface area contributed by atoms with E-state index < -0.39 is 7.58 Å². The van der Waals surface area contributed by atoms with Crippen LogP contribution >= 0.6 is 18.8 Å². The van der Waals surface area contributed by atoms with Crippen molar-refractivity contribution in [2.24, 2.45) is 0 Å². The van der Waals surface area contributed by atoms with Crippen molar-refractivity contribution in [3.05, 3.63) is 60.7 Å². The van der Waals surface area contributed by atoms with E-state index in [2.05, 4.69) is 70.0 Å². The topological polar surface area (TPSA) is 6.48 Å². The number of benzene rings is 2. The summed E-state index contributed by atoms with van der Waals surface area (Å²) in [5, 5.41) is 0. The van der Waals surface area contributed by atoms with E-state index in [0.29, 0.717) is 12.1 Å². The maximum Gasteiger partial charge on any atom is 0.198 e. The molecule has 1 saturated carbocycles. The summed E-state index contributed by atoms with van der Waals surface area (Å²) in [5.41, 5.74) is 2.53. The molecule has 0 aromatic heterocycles. The van der Waals surface area contributed by atoms with E-state index in [9.17, 15) is 0 Å². The fourth-order valence-corrected chi connectivity index (χ4v) is 6.83. The highest BCUT2D eigenvalue weighted by Crippen LogP contribution is 2.63. The van der Waals surface area contributed by atoms with Crippen LogP contribution in [0.15, 0.2) is 60.7 Å². The standard InChI is InChI=1S/C18H20ClN2P/c19-22-20(15-9-3-1-4-10-15)17-13-7-8-14-18(17)21(22)16-11-5-2-6-12-16/h1-6,9-12,17-18H,7-8,13-14H2/t17-,18-/m1/s1. The van der Waals surface area contributed by atoms with Crippen LogP contribution in [0.2, 0.25) is 0 Å². The quantitative estimate of drug-likeness (QED) is 0.643. The van der Waals surface area contributed by atoms with Crippen molar-refractivity contribution >= 4 is 30.2 Å². The van der Waals surface area contributed by atoms with Crippen molar-refractivity contribution in [1.29, 1.82) is 0 Å². The summed E-state index contributed by atoms with van der Waals surface area (Å²) in [4.78, 5) is 0. The van der Waals surface area contributed by atoms with Gasteiger partial charge in [0.2, 0.25) is 0 Å². The number of hydrogen-bond acceptors (Lipinski definition) is 2. The molecule has 0 unspecified atom stereocenters. The van der Waals surface area contributed by atoms with Gasteiger partial charge in [0.15, 0.2) is 7.58 Å². The predicted molar refractivity (Wildman–Crippen MR) is 96.7 cm³/mol. The minimum absolute atomic E-state index is 0.542. The average Bonchev–Trinajstić information content (AvgIpc) is 2.88. The molecular weight excluding hydrogens is 311 g/mol. The van der Waals surface area contributed by atoms with Crippen LogP contribution in [0.25, 0.3) is 0 Å². The van der Waals surface area contributed by atoms with E-state index in [-0.39, 0.29) is 0 Å². The largest absolute Gasteiger partial charge is 0.316 e. The molecule has 2 nitrogen and oxygen atoms in total. The smallest absolute Gasteiger partial charge is 0.198 e. The molecule has 22 heavy (non-hydrogen) atoms. The molecular formula is C18H20ClN2P. The summed E-state index contributed by atoms with van der Waals surface area (Å²) in [6, 6.07) is 22.4. The van der Waals surface area contributed by atoms with Gasteiger partial charge in [0, 0.05) is 11.4 Å². The lowest BCUT2D eigenvalue weighted by molar-refractivity contribution is 0.409. The second-order valence-corrected chi connectivity index (χ2v) is 8.27. The van der Waals surface area contributed by atoms with Crippen LogP contribution in [0.3, 0.4) is 0 Å². The zero-order chi connectivity index (χ0) is 14.9. The monoisotopic (exact) mass is 330 g/mol. The van der Waals surface area contributed by atoms with Gasteiger partial charge in [-0.3, -0.25) is 0 Å². The first-order valence-electron chi connectivity index (χ1n) is 8.00. The fraction of sp³-hybridized carbons (Fsp3) is 0.333. The maximum atomic E-state index is 7.00. The second-order valence-electron chi connectivity index (χ2n) is 6.02. The van der Waals surface area contributed by atoms with Gasteiger partial charge in [0.25, 0.3) is 0 Å². The fourth-order valence-electron chi connectivity index (χ4n) is 3.75. The minimum atomic E-state index is -0.856. The van der Waals surface area contributed by atoms with Crippen molar-refractivity contribution in [2.75, 3.05) is 9.34 Å². The molecule has 2 fully saturated rings. The summed E-state index contributed by atoms with van der Waals surface area (Å²) in [6.07, 6.45) is 5.11. The third-order valence-electron chi connectivity index (χ3n) is 4.72. The highest BCUT2D eigenvalue weighted by molar-refractivity contribution is 7.86. The van der Waals surface area contributed by atoms with Crippen molar-refractivity contribution in [3.8, 4) is 0 Å². The molecule has 0 N–H and O–H groups in total. The summed E-state index contributed by atoms with van der Waals surface area (Å²) in [5.74, 6) is 0. The van der Waals surface area contributed by atoms with Gasteiger partial charge < -0.3 is 9.34 Å². The maximum absolute atomic E-state index is 7.00. The molecule has 0 bridgehead atoms. The Morgan fingerprint density at radius 3 is 1.55 bits per heavy atom. The van der Waals surface area contributed by atoms with E-state index in [1.165, 1.54) is 37.1 Å². The van der Waals surface area contributed by atoms with Crippen molar-refractivity contribution in [1.82, 2.24) is 0 Å². The molecule has 2 atom stereocenters. The van der Waals surface area contributed by atoms with Crippen LogP contribution in [-0.2, 0) is 0 Å². The summed E-state index contributed by atoms with van der Waals surface area (Å²) in [6.45, 7) is 0. The van der Waals surface area contributed by atoms with Gasteiger partial charge >= 0.3 is 0 Å². The van der Waals surface area contributed by atoms with Crippen LogP contribution < -0.4 is 9.34 Å². The van der Waals surface area contributed by atoms with E-state index in [4.69, 9.17) is 11.2 Å². The Labute approximate surface area is 138 Å². The molecule has 0 radical (unpaired) electrons. The Kier molecular flexibility index (Phi) is 3.98. The highest BCUT2D eigenvalue weighted by atomic mass is 35.7. The number of anilines is 2. The van der Waals surface area contributed by atoms with Gasteiger partial charge in [-0.05, 0) is 48.3 Å². The second kappa shape index (κ2) is 6.10. The lowest BCUT2D eigenvalue weighted by Gasteiger charge is -2.32. The predicted octanol–water partition coefficient (Wildman–Crippen LogP) is 5.79. The molecule has 1 heterocycles. The third kappa shape index (κ3) is 2.39. The molecule has 1 aliphatic heterocycles. The first-order chi connectivity index (χ1) is 10.9. The molecule has 2 aromatic rings. The summed E-state index contributed by atoms with van der Waals surface area (Å²) < 4.78 is 4.96. The Bertz CT molecular complexity index is 566. The Morgan fingerprint density at radius 1 is 0.727 bits per heavy atom. The average molecular weight is 331 g/mol. The number of fused-ring (bicyclic) bond motifs is 1. The zero-order valence-electron chi connectivity index (χ0n) is 12.5. The normalized spacial score (nSPS) is 25.3.